The highest BCUT2D eigenvalue weighted by Gasteiger charge is 2.19. The Hall–Kier alpha value is -2.30. The summed E-state index contributed by atoms with van der Waals surface area (Å²) in [6.07, 6.45) is 0. The Morgan fingerprint density at radius 1 is 1.26 bits per heavy atom. The zero-order chi connectivity index (χ0) is 14.2. The number of aromatic nitrogens is 1. The number of hydrogen-bond donors (Lipinski definition) is 2. The summed E-state index contributed by atoms with van der Waals surface area (Å²) in [5, 5.41) is 22.4. The van der Waals surface area contributed by atoms with Crippen LogP contribution in [0.4, 0.5) is 0 Å². The molecule has 0 aliphatic heterocycles. The van der Waals surface area contributed by atoms with Crippen molar-refractivity contribution in [1.29, 1.82) is 0 Å². The number of benzene rings is 1. The third-order valence-corrected chi connectivity index (χ3v) is 2.86. The highest BCUT2D eigenvalue weighted by Crippen LogP contribution is 2.33. The van der Waals surface area contributed by atoms with Gasteiger partial charge in [-0.3, -0.25) is 0 Å². The number of aromatic hydroxyl groups is 1. The zero-order valence-corrected chi connectivity index (χ0v) is 11.0. The highest BCUT2D eigenvalue weighted by molar-refractivity contribution is 5.86. The van der Waals surface area contributed by atoms with E-state index in [0.717, 1.165) is 5.56 Å². The minimum atomic E-state index is -1.19. The van der Waals surface area contributed by atoms with Gasteiger partial charge in [0.2, 0.25) is 5.76 Å². The number of phenols is 1. The van der Waals surface area contributed by atoms with Gasteiger partial charge in [0.1, 0.15) is 11.4 Å². The van der Waals surface area contributed by atoms with Crippen LogP contribution < -0.4 is 0 Å². The molecule has 0 aliphatic rings. The predicted molar refractivity (Wildman–Crippen MR) is 69.3 cm³/mol. The van der Waals surface area contributed by atoms with Crippen molar-refractivity contribution in [2.24, 2.45) is 0 Å². The normalized spacial score (nSPS) is 11.5. The largest absolute Gasteiger partial charge is 0.507 e. The number of nitrogens with zero attached hydrogens (tertiary/aromatic N) is 1. The average Bonchev–Trinajstić information content (AvgIpc) is 2.77. The van der Waals surface area contributed by atoms with Gasteiger partial charge in [-0.25, -0.2) is 4.79 Å². The summed E-state index contributed by atoms with van der Waals surface area (Å²) in [4.78, 5) is 10.8. The van der Waals surface area contributed by atoms with Crippen LogP contribution >= 0.6 is 0 Å². The summed E-state index contributed by atoms with van der Waals surface area (Å²) in [7, 11) is 0. The number of aromatic carboxylic acids is 1. The van der Waals surface area contributed by atoms with Crippen LogP contribution in [-0.4, -0.2) is 21.3 Å². The van der Waals surface area contributed by atoms with Crippen molar-refractivity contribution >= 4 is 5.97 Å². The maximum Gasteiger partial charge on any atom is 0.374 e. The molecule has 0 bridgehead atoms. The Balaban J connectivity index is 2.51. The van der Waals surface area contributed by atoms with Gasteiger partial charge in [-0.15, -0.1) is 0 Å². The van der Waals surface area contributed by atoms with Crippen molar-refractivity contribution in [2.45, 2.75) is 26.2 Å². The van der Waals surface area contributed by atoms with Crippen LogP contribution in [0.15, 0.2) is 28.8 Å². The topological polar surface area (TPSA) is 83.6 Å². The number of carboxylic acid groups (broad SMARTS) is 1. The van der Waals surface area contributed by atoms with E-state index in [2.05, 4.69) is 25.9 Å². The van der Waals surface area contributed by atoms with E-state index in [-0.39, 0.29) is 16.9 Å². The molecule has 0 spiro atoms. The van der Waals surface area contributed by atoms with Crippen molar-refractivity contribution in [1.82, 2.24) is 5.16 Å². The fourth-order valence-electron chi connectivity index (χ4n) is 1.71. The van der Waals surface area contributed by atoms with Crippen LogP contribution in [0.3, 0.4) is 0 Å². The molecular formula is C14H15NO4. The second kappa shape index (κ2) is 4.42. The van der Waals surface area contributed by atoms with Gasteiger partial charge in [0.05, 0.1) is 0 Å². The van der Waals surface area contributed by atoms with Crippen molar-refractivity contribution in [3.05, 3.63) is 35.6 Å². The van der Waals surface area contributed by atoms with Gasteiger partial charge in [-0.05, 0) is 23.1 Å². The molecule has 19 heavy (non-hydrogen) atoms. The number of carbonyl (C=O) groups is 1. The van der Waals surface area contributed by atoms with E-state index in [1.807, 2.05) is 6.07 Å². The van der Waals surface area contributed by atoms with Crippen molar-refractivity contribution in [3.8, 4) is 17.0 Å². The SMILES string of the molecule is CC(C)(C)c1ccc(O)c(-c2cc(C(=O)O)on2)c1. The minimum absolute atomic E-state index is 0.0400. The molecule has 0 radical (unpaired) electrons. The van der Waals surface area contributed by atoms with Gasteiger partial charge in [0.25, 0.3) is 0 Å². The van der Waals surface area contributed by atoms with Gasteiger partial charge in [-0.1, -0.05) is 32.0 Å². The Kier molecular flexibility index (Phi) is 3.06. The molecule has 1 aromatic carbocycles. The first-order valence-electron chi connectivity index (χ1n) is 5.83. The predicted octanol–water partition coefficient (Wildman–Crippen LogP) is 3.04. The molecule has 0 aliphatic carbocycles. The third-order valence-electron chi connectivity index (χ3n) is 2.86. The lowest BCUT2D eigenvalue weighted by Crippen LogP contribution is -2.10. The van der Waals surface area contributed by atoms with E-state index >= 15 is 0 Å². The summed E-state index contributed by atoms with van der Waals surface area (Å²) in [5.74, 6) is -1.40. The summed E-state index contributed by atoms with van der Waals surface area (Å²) in [6.45, 7) is 6.15. The molecule has 1 aromatic heterocycles. The number of hydrogen-bond acceptors (Lipinski definition) is 4. The highest BCUT2D eigenvalue weighted by atomic mass is 16.5. The molecule has 5 heteroatoms. The fourth-order valence-corrected chi connectivity index (χ4v) is 1.71. The summed E-state index contributed by atoms with van der Waals surface area (Å²) in [5.41, 5.74) is 1.70. The summed E-state index contributed by atoms with van der Waals surface area (Å²) < 4.78 is 4.70. The first-order chi connectivity index (χ1) is 8.79. The van der Waals surface area contributed by atoms with E-state index in [1.165, 1.54) is 6.07 Å². The molecule has 100 valence electrons. The summed E-state index contributed by atoms with van der Waals surface area (Å²) in [6, 6.07) is 6.49. The Bertz CT molecular complexity index is 623. The van der Waals surface area contributed by atoms with E-state index in [1.54, 1.807) is 12.1 Å². The van der Waals surface area contributed by atoms with Crippen LogP contribution in [0.2, 0.25) is 0 Å². The first kappa shape index (κ1) is 13.1. The molecule has 5 nitrogen and oxygen atoms in total. The Labute approximate surface area is 110 Å². The Morgan fingerprint density at radius 3 is 2.47 bits per heavy atom. The second-order valence-corrected chi connectivity index (χ2v) is 5.36. The second-order valence-electron chi connectivity index (χ2n) is 5.36. The minimum Gasteiger partial charge on any atom is -0.507 e. The number of carboxylic acids is 1. The lowest BCUT2D eigenvalue weighted by atomic mass is 9.85. The van der Waals surface area contributed by atoms with Crippen LogP contribution in [0, 0.1) is 0 Å². The molecule has 2 rings (SSSR count). The van der Waals surface area contributed by atoms with Gasteiger partial charge in [0.15, 0.2) is 0 Å². The third kappa shape index (κ3) is 2.59. The standard InChI is InChI=1S/C14H15NO4/c1-14(2,3)8-4-5-11(16)9(6-8)10-7-12(13(17)18)19-15-10/h4-7,16H,1-3H3,(H,17,18). The molecule has 0 fully saturated rings. The molecule has 0 saturated carbocycles. The molecule has 1 heterocycles. The maximum absolute atomic E-state index is 10.8. The molecule has 2 aromatic rings. The van der Waals surface area contributed by atoms with Crippen LogP contribution in [-0.2, 0) is 5.41 Å². The number of rotatable bonds is 2. The van der Waals surface area contributed by atoms with Crippen LogP contribution in [0.1, 0.15) is 36.9 Å². The van der Waals surface area contributed by atoms with Crippen molar-refractivity contribution in [3.63, 3.8) is 0 Å². The first-order valence-corrected chi connectivity index (χ1v) is 5.83. The summed E-state index contributed by atoms with van der Waals surface area (Å²) >= 11 is 0. The lowest BCUT2D eigenvalue weighted by Gasteiger charge is -2.19. The molecule has 0 saturated heterocycles. The monoisotopic (exact) mass is 261 g/mol. The molecule has 0 unspecified atom stereocenters. The van der Waals surface area contributed by atoms with Gasteiger partial charge in [-0.2, -0.15) is 0 Å². The quantitative estimate of drug-likeness (QED) is 0.868. The van der Waals surface area contributed by atoms with E-state index in [9.17, 15) is 9.90 Å². The van der Waals surface area contributed by atoms with Gasteiger partial charge < -0.3 is 14.7 Å². The molecule has 0 amide bonds. The van der Waals surface area contributed by atoms with E-state index in [4.69, 9.17) is 9.63 Å². The van der Waals surface area contributed by atoms with E-state index < -0.39 is 5.97 Å². The van der Waals surface area contributed by atoms with Gasteiger partial charge in [0, 0.05) is 11.6 Å². The fraction of sp³-hybridized carbons (Fsp3) is 0.286. The van der Waals surface area contributed by atoms with Crippen molar-refractivity contribution in [2.75, 3.05) is 0 Å². The molecule has 0 atom stereocenters. The Morgan fingerprint density at radius 2 is 1.95 bits per heavy atom. The molecule has 2 N–H and O–H groups in total. The zero-order valence-electron chi connectivity index (χ0n) is 11.0. The molecular weight excluding hydrogens is 246 g/mol. The van der Waals surface area contributed by atoms with Gasteiger partial charge >= 0.3 is 5.97 Å². The smallest absolute Gasteiger partial charge is 0.374 e. The van der Waals surface area contributed by atoms with Crippen LogP contribution in [0.5, 0.6) is 5.75 Å². The number of phenolic OH excluding ortho intramolecular Hbond substituents is 1. The van der Waals surface area contributed by atoms with Crippen LogP contribution in [0.25, 0.3) is 11.3 Å². The average molecular weight is 261 g/mol. The van der Waals surface area contributed by atoms with E-state index in [0.29, 0.717) is 11.3 Å². The van der Waals surface area contributed by atoms with Crippen molar-refractivity contribution < 1.29 is 19.5 Å². The lowest BCUT2D eigenvalue weighted by molar-refractivity contribution is 0.0652. The maximum atomic E-state index is 10.8.